The van der Waals surface area contributed by atoms with Gasteiger partial charge < -0.3 is 0 Å². The number of allylic oxidation sites excluding steroid dienone is 8. The summed E-state index contributed by atoms with van der Waals surface area (Å²) in [4.78, 5) is 0. The van der Waals surface area contributed by atoms with E-state index >= 15 is 0 Å². The van der Waals surface area contributed by atoms with Crippen molar-refractivity contribution in [2.24, 2.45) is 0 Å². The van der Waals surface area contributed by atoms with Gasteiger partial charge in [0.15, 0.2) is 0 Å². The number of hydrogen-bond donors (Lipinski definition) is 0. The van der Waals surface area contributed by atoms with Gasteiger partial charge in [-0.15, -0.1) is 0 Å². The predicted octanol–water partition coefficient (Wildman–Crippen LogP) is 6.66. The van der Waals surface area contributed by atoms with E-state index in [0.717, 1.165) is 0 Å². The summed E-state index contributed by atoms with van der Waals surface area (Å²) in [6, 6.07) is 0. The molecule has 1 heteroatoms. The van der Waals surface area contributed by atoms with Gasteiger partial charge in [0, 0.05) is 0 Å². The van der Waals surface area contributed by atoms with Gasteiger partial charge in [-0.3, -0.25) is 0 Å². The molecule has 0 aromatic rings. The summed E-state index contributed by atoms with van der Waals surface area (Å²) < 4.78 is 3.74. The maximum atomic E-state index is 2.39. The molecule has 2 aliphatic carbocycles. The molecule has 2 rings (SSSR count). The van der Waals surface area contributed by atoms with Crippen molar-refractivity contribution in [2.75, 3.05) is 0 Å². The van der Waals surface area contributed by atoms with Crippen LogP contribution >= 0.6 is 0 Å². The van der Waals surface area contributed by atoms with E-state index in [-0.39, 0.29) is 0 Å². The Hall–Kier alpha value is -0.170. The van der Waals surface area contributed by atoms with Gasteiger partial charge in [-0.25, -0.2) is 0 Å². The molecule has 0 nitrogen and oxygen atoms in total. The average molecular weight is 449 g/mol. The zero-order chi connectivity index (χ0) is 15.6. The third-order valence-electron chi connectivity index (χ3n) is 5.05. The van der Waals surface area contributed by atoms with Gasteiger partial charge >= 0.3 is 143 Å². The van der Waals surface area contributed by atoms with Gasteiger partial charge in [-0.1, -0.05) is 0 Å². The summed E-state index contributed by atoms with van der Waals surface area (Å²) >= 11 is -0.877. The molecule has 114 valence electrons. The van der Waals surface area contributed by atoms with E-state index in [1.54, 1.807) is 33.4 Å². The van der Waals surface area contributed by atoms with Crippen LogP contribution in [0.1, 0.15) is 80.1 Å². The SMILES string of the molecule is CCCC1=[C]([Hf][C]2=C(CCC)CC(C)=C2C)C(C)=C(C)C1. The first-order valence-electron chi connectivity index (χ1n) is 8.54. The molecule has 0 saturated carbocycles. The van der Waals surface area contributed by atoms with E-state index in [1.807, 2.05) is 6.66 Å². The van der Waals surface area contributed by atoms with Crippen molar-refractivity contribution < 1.29 is 22.9 Å². The van der Waals surface area contributed by atoms with Crippen LogP contribution in [0.5, 0.6) is 0 Å². The molecule has 2 aliphatic rings. The van der Waals surface area contributed by atoms with E-state index in [9.17, 15) is 0 Å². The predicted molar refractivity (Wildman–Crippen MR) is 89.9 cm³/mol. The van der Waals surface area contributed by atoms with Crippen molar-refractivity contribution in [1.29, 1.82) is 0 Å². The van der Waals surface area contributed by atoms with Gasteiger partial charge in [0.1, 0.15) is 0 Å². The average Bonchev–Trinajstić information content (AvgIpc) is 2.85. The Balaban J connectivity index is 2.33. The van der Waals surface area contributed by atoms with Crippen LogP contribution in [0.15, 0.2) is 40.1 Å². The van der Waals surface area contributed by atoms with Gasteiger partial charge in [-0.05, 0) is 0 Å². The molecule has 0 bridgehead atoms. The third kappa shape index (κ3) is 3.60. The van der Waals surface area contributed by atoms with E-state index in [0.29, 0.717) is 0 Å². The summed E-state index contributed by atoms with van der Waals surface area (Å²) in [5.41, 5.74) is 10.2. The fourth-order valence-corrected chi connectivity index (χ4v) is 10.1. The first kappa shape index (κ1) is 17.2. The molecule has 0 aromatic heterocycles. The molecule has 0 saturated heterocycles. The second-order valence-electron chi connectivity index (χ2n) is 6.75. The summed E-state index contributed by atoms with van der Waals surface area (Å²) in [5.74, 6) is 0. The molecule has 0 heterocycles. The second-order valence-corrected chi connectivity index (χ2v) is 11.2. The first-order chi connectivity index (χ1) is 9.99. The molecule has 0 atom stereocenters. The molecule has 0 N–H and O–H groups in total. The molecule has 0 radical (unpaired) electrons. The zero-order valence-electron chi connectivity index (χ0n) is 14.7. The minimum absolute atomic E-state index is 0.877. The molecular weight excluding hydrogens is 419 g/mol. The molecule has 0 fully saturated rings. The minimum atomic E-state index is -0.877. The third-order valence-corrected chi connectivity index (χ3v) is 12.1. The van der Waals surface area contributed by atoms with Crippen LogP contribution in [0.2, 0.25) is 0 Å². The zero-order valence-corrected chi connectivity index (χ0v) is 18.3. The van der Waals surface area contributed by atoms with Crippen LogP contribution in [0.3, 0.4) is 0 Å². The van der Waals surface area contributed by atoms with Crippen molar-refractivity contribution >= 4 is 0 Å². The van der Waals surface area contributed by atoms with Gasteiger partial charge in [0.05, 0.1) is 0 Å². The standard InChI is InChI=1S/2C10H15.Hf/c2*1-4-5-10-6-8(2)9(3)7-10;/h2*4-6H2,1-3H3;. The Morgan fingerprint density at radius 3 is 1.43 bits per heavy atom. The number of hydrogen-bond acceptors (Lipinski definition) is 0. The summed E-state index contributed by atoms with van der Waals surface area (Å²) in [6.45, 7) is 14.1. The second kappa shape index (κ2) is 7.40. The Morgan fingerprint density at radius 2 is 1.10 bits per heavy atom. The van der Waals surface area contributed by atoms with Gasteiger partial charge in [0.25, 0.3) is 0 Å². The maximum absolute atomic E-state index is 2.39. The Labute approximate surface area is 142 Å². The fourth-order valence-electron chi connectivity index (χ4n) is 3.56. The Kier molecular flexibility index (Phi) is 6.05. The van der Waals surface area contributed by atoms with E-state index in [2.05, 4.69) is 41.5 Å². The van der Waals surface area contributed by atoms with E-state index in [4.69, 9.17) is 0 Å². The van der Waals surface area contributed by atoms with Crippen LogP contribution < -0.4 is 0 Å². The van der Waals surface area contributed by atoms with E-state index in [1.165, 1.54) is 38.5 Å². The first-order valence-corrected chi connectivity index (χ1v) is 12.1. The molecule has 21 heavy (non-hydrogen) atoms. The normalized spacial score (nSPS) is 19.5. The van der Waals surface area contributed by atoms with Gasteiger partial charge in [-0.2, -0.15) is 0 Å². The quantitative estimate of drug-likeness (QED) is 0.399. The fraction of sp³-hybridized carbons (Fsp3) is 0.600. The van der Waals surface area contributed by atoms with Crippen molar-refractivity contribution in [3.63, 3.8) is 0 Å². The van der Waals surface area contributed by atoms with Crippen molar-refractivity contribution in [3.05, 3.63) is 40.1 Å². The van der Waals surface area contributed by atoms with Crippen molar-refractivity contribution in [1.82, 2.24) is 0 Å². The molecule has 0 unspecified atom stereocenters. The topological polar surface area (TPSA) is 0 Å². The van der Waals surface area contributed by atoms with Crippen LogP contribution in [0.4, 0.5) is 0 Å². The summed E-state index contributed by atoms with van der Waals surface area (Å²) in [7, 11) is 0. The summed E-state index contributed by atoms with van der Waals surface area (Å²) in [6.07, 6.45) is 7.82. The van der Waals surface area contributed by atoms with Gasteiger partial charge in [0.2, 0.25) is 0 Å². The Morgan fingerprint density at radius 1 is 0.714 bits per heavy atom. The monoisotopic (exact) mass is 450 g/mol. The van der Waals surface area contributed by atoms with Crippen molar-refractivity contribution in [2.45, 2.75) is 80.1 Å². The van der Waals surface area contributed by atoms with E-state index < -0.39 is 22.9 Å². The molecule has 0 amide bonds. The van der Waals surface area contributed by atoms with Crippen molar-refractivity contribution in [3.8, 4) is 0 Å². The molecule has 0 aliphatic heterocycles. The van der Waals surface area contributed by atoms with Crippen LogP contribution in [-0.2, 0) is 22.9 Å². The molecule has 0 spiro atoms. The van der Waals surface area contributed by atoms with Crippen LogP contribution in [0.25, 0.3) is 0 Å². The molecule has 0 aromatic carbocycles. The summed E-state index contributed by atoms with van der Waals surface area (Å²) in [5, 5.41) is 0. The van der Waals surface area contributed by atoms with Crippen LogP contribution in [-0.4, -0.2) is 0 Å². The number of rotatable bonds is 6. The van der Waals surface area contributed by atoms with Crippen LogP contribution in [0, 0.1) is 0 Å². The molecular formula is C20H30Hf. The Bertz CT molecular complexity index is 502.